The lowest BCUT2D eigenvalue weighted by atomic mass is 10.3. The van der Waals surface area contributed by atoms with Crippen molar-refractivity contribution in [3.63, 3.8) is 0 Å². The Kier molecular flexibility index (Phi) is 4.97. The van der Waals surface area contributed by atoms with E-state index in [-0.39, 0.29) is 0 Å². The van der Waals surface area contributed by atoms with Crippen LogP contribution in [0.2, 0.25) is 0 Å². The molecule has 0 aromatic heterocycles. The van der Waals surface area contributed by atoms with Gasteiger partial charge in [0.1, 0.15) is 0 Å². The number of likely N-dealkylation sites (N-methyl/N-ethyl adjacent to an activating group) is 1. The summed E-state index contributed by atoms with van der Waals surface area (Å²) < 4.78 is 0. The van der Waals surface area contributed by atoms with E-state index >= 15 is 0 Å². The van der Waals surface area contributed by atoms with Crippen LogP contribution in [0.4, 0.5) is 0 Å². The van der Waals surface area contributed by atoms with Crippen LogP contribution in [0, 0.1) is 0 Å². The fourth-order valence-electron chi connectivity index (χ4n) is 1.21. The van der Waals surface area contributed by atoms with Crippen LogP contribution in [0.5, 0.6) is 0 Å². The van der Waals surface area contributed by atoms with Crippen molar-refractivity contribution in [3.05, 3.63) is 36.7 Å². The van der Waals surface area contributed by atoms with Crippen LogP contribution in [0.15, 0.2) is 36.7 Å². The molecule has 1 atom stereocenters. The van der Waals surface area contributed by atoms with Crippen LogP contribution < -0.4 is 5.32 Å². The highest BCUT2D eigenvalue weighted by atomic mass is 15.3. The maximum absolute atomic E-state index is 3.74. The fourth-order valence-corrected chi connectivity index (χ4v) is 1.21. The first kappa shape index (κ1) is 11.8. The third-order valence-corrected chi connectivity index (χ3v) is 2.00. The first-order chi connectivity index (χ1) is 6.20. The van der Waals surface area contributed by atoms with Crippen LogP contribution >= 0.6 is 0 Å². The molecule has 1 aliphatic heterocycles. The van der Waals surface area contributed by atoms with Gasteiger partial charge in [-0.3, -0.25) is 0 Å². The Bertz CT molecular complexity index is 216. The summed E-state index contributed by atoms with van der Waals surface area (Å²) in [6, 6.07) is 0. The second-order valence-corrected chi connectivity index (χ2v) is 2.64. The predicted octanol–water partition coefficient (Wildman–Crippen LogP) is 2.48. The number of rotatable bonds is 2. The van der Waals surface area contributed by atoms with Gasteiger partial charge in [0.25, 0.3) is 0 Å². The van der Waals surface area contributed by atoms with Crippen molar-refractivity contribution in [2.45, 2.75) is 26.9 Å². The molecule has 13 heavy (non-hydrogen) atoms. The highest BCUT2D eigenvalue weighted by molar-refractivity contribution is 5.33. The molecule has 1 N–H and O–H groups in total. The van der Waals surface area contributed by atoms with Gasteiger partial charge in [-0.1, -0.05) is 27.0 Å². The first-order valence-corrected chi connectivity index (χ1v) is 4.69. The lowest BCUT2D eigenvalue weighted by molar-refractivity contribution is 0.340. The van der Waals surface area contributed by atoms with Gasteiger partial charge in [-0.15, -0.1) is 0 Å². The van der Waals surface area contributed by atoms with Gasteiger partial charge in [0.2, 0.25) is 0 Å². The molecule has 0 saturated carbocycles. The van der Waals surface area contributed by atoms with E-state index < -0.39 is 0 Å². The minimum Gasteiger partial charge on any atom is -0.364 e. The zero-order valence-electron chi connectivity index (χ0n) is 9.09. The SMILES string of the molecule is C=CC1=C(C=C)N(C)C(C)N1.CC. The summed E-state index contributed by atoms with van der Waals surface area (Å²) in [7, 11) is 2.03. The average Bonchev–Trinajstić information content (AvgIpc) is 2.46. The molecule has 74 valence electrons. The van der Waals surface area contributed by atoms with Crippen molar-refractivity contribution < 1.29 is 0 Å². The Morgan fingerprint density at radius 2 is 1.85 bits per heavy atom. The molecule has 0 bridgehead atoms. The molecule has 0 saturated heterocycles. The Balaban J connectivity index is 0.000000671. The van der Waals surface area contributed by atoms with E-state index in [0.29, 0.717) is 6.17 Å². The summed E-state index contributed by atoms with van der Waals surface area (Å²) in [6.45, 7) is 13.6. The van der Waals surface area contributed by atoms with Gasteiger partial charge < -0.3 is 10.2 Å². The highest BCUT2D eigenvalue weighted by Gasteiger charge is 2.20. The second-order valence-electron chi connectivity index (χ2n) is 2.64. The third kappa shape index (κ3) is 2.38. The number of nitrogens with zero attached hydrogens (tertiary/aromatic N) is 1. The van der Waals surface area contributed by atoms with Crippen LogP contribution in [0.3, 0.4) is 0 Å². The molecule has 2 heteroatoms. The molecular weight excluding hydrogens is 160 g/mol. The summed E-state index contributed by atoms with van der Waals surface area (Å²) in [5, 5.41) is 3.27. The largest absolute Gasteiger partial charge is 0.364 e. The van der Waals surface area contributed by atoms with Crippen LogP contribution in [0.1, 0.15) is 20.8 Å². The quantitative estimate of drug-likeness (QED) is 0.702. The van der Waals surface area contributed by atoms with Crippen molar-refractivity contribution in [1.29, 1.82) is 0 Å². The normalized spacial score (nSPS) is 20.3. The Morgan fingerprint density at radius 3 is 2.15 bits per heavy atom. The molecule has 1 unspecified atom stereocenters. The predicted molar refractivity (Wildman–Crippen MR) is 59.1 cm³/mol. The summed E-state index contributed by atoms with van der Waals surface area (Å²) >= 11 is 0. The van der Waals surface area contributed by atoms with Crippen LogP contribution in [-0.2, 0) is 0 Å². The van der Waals surface area contributed by atoms with E-state index in [1.54, 1.807) is 0 Å². The summed E-state index contributed by atoms with van der Waals surface area (Å²) in [4.78, 5) is 2.13. The standard InChI is InChI=1S/C9H14N2.C2H6/c1-5-8-9(6-2)11(4)7(3)10-8;1-2/h5-7,10H,1-2H2,3-4H3;1-2H3. The molecular formula is C11H20N2. The van der Waals surface area contributed by atoms with Gasteiger partial charge in [-0.2, -0.15) is 0 Å². The third-order valence-electron chi connectivity index (χ3n) is 2.00. The summed E-state index contributed by atoms with van der Waals surface area (Å²) in [5.74, 6) is 0. The topological polar surface area (TPSA) is 15.3 Å². The van der Waals surface area contributed by atoms with Crippen molar-refractivity contribution >= 4 is 0 Å². The fraction of sp³-hybridized carbons (Fsp3) is 0.455. The monoisotopic (exact) mass is 180 g/mol. The zero-order valence-corrected chi connectivity index (χ0v) is 9.09. The highest BCUT2D eigenvalue weighted by Crippen LogP contribution is 2.18. The smallest absolute Gasteiger partial charge is 0.0959 e. The number of allylic oxidation sites excluding steroid dienone is 2. The summed E-state index contributed by atoms with van der Waals surface area (Å²) in [6.07, 6.45) is 4.00. The number of nitrogens with one attached hydrogen (secondary N) is 1. The van der Waals surface area contributed by atoms with Gasteiger partial charge in [-0.05, 0) is 19.1 Å². The van der Waals surface area contributed by atoms with Gasteiger partial charge >= 0.3 is 0 Å². The van der Waals surface area contributed by atoms with Crippen molar-refractivity contribution in [3.8, 4) is 0 Å². The molecule has 2 nitrogen and oxygen atoms in total. The number of hydrogen-bond acceptors (Lipinski definition) is 2. The first-order valence-electron chi connectivity index (χ1n) is 4.69. The maximum atomic E-state index is 3.74. The van der Waals surface area contributed by atoms with Crippen molar-refractivity contribution in [1.82, 2.24) is 10.2 Å². The molecule has 0 radical (unpaired) electrons. The molecule has 0 aromatic carbocycles. The van der Waals surface area contributed by atoms with E-state index in [4.69, 9.17) is 0 Å². The van der Waals surface area contributed by atoms with Gasteiger partial charge in [0.15, 0.2) is 0 Å². The van der Waals surface area contributed by atoms with Gasteiger partial charge in [0.05, 0.1) is 17.6 Å². The van der Waals surface area contributed by atoms with Gasteiger partial charge in [0, 0.05) is 7.05 Å². The average molecular weight is 180 g/mol. The van der Waals surface area contributed by atoms with E-state index in [9.17, 15) is 0 Å². The van der Waals surface area contributed by atoms with E-state index in [0.717, 1.165) is 11.4 Å². The minimum absolute atomic E-state index is 0.344. The van der Waals surface area contributed by atoms with E-state index in [1.165, 1.54) is 0 Å². The molecule has 1 aliphatic rings. The Morgan fingerprint density at radius 1 is 1.31 bits per heavy atom. The molecule has 1 heterocycles. The van der Waals surface area contributed by atoms with Crippen molar-refractivity contribution in [2.24, 2.45) is 0 Å². The Labute approximate surface area is 81.6 Å². The second kappa shape index (κ2) is 5.46. The lowest BCUT2D eigenvalue weighted by Crippen LogP contribution is -2.30. The zero-order chi connectivity index (χ0) is 10.4. The molecule has 1 rings (SSSR count). The molecule has 0 spiro atoms. The van der Waals surface area contributed by atoms with Crippen LogP contribution in [-0.4, -0.2) is 18.1 Å². The van der Waals surface area contributed by atoms with E-state index in [2.05, 4.69) is 30.3 Å². The van der Waals surface area contributed by atoms with Crippen LogP contribution in [0.25, 0.3) is 0 Å². The minimum atomic E-state index is 0.344. The summed E-state index contributed by atoms with van der Waals surface area (Å²) in [5.41, 5.74) is 2.18. The lowest BCUT2D eigenvalue weighted by Gasteiger charge is -2.18. The van der Waals surface area contributed by atoms with Crippen molar-refractivity contribution in [2.75, 3.05) is 7.05 Å². The molecule has 0 aliphatic carbocycles. The van der Waals surface area contributed by atoms with E-state index in [1.807, 2.05) is 33.0 Å². The Hall–Kier alpha value is -1.18. The van der Waals surface area contributed by atoms with Gasteiger partial charge in [-0.25, -0.2) is 0 Å². The molecule has 0 fully saturated rings. The molecule has 0 aromatic rings. The number of hydrogen-bond donors (Lipinski definition) is 1. The maximum Gasteiger partial charge on any atom is 0.0959 e. The molecule has 0 amide bonds.